The van der Waals surface area contributed by atoms with Crippen LogP contribution >= 0.6 is 27.5 Å². The molecule has 2 aromatic rings. The van der Waals surface area contributed by atoms with Gasteiger partial charge in [-0.1, -0.05) is 52.3 Å². The predicted octanol–water partition coefficient (Wildman–Crippen LogP) is 6.15. The molecule has 0 aromatic heterocycles. The lowest BCUT2D eigenvalue weighted by molar-refractivity contribution is 0.759. The Hall–Kier alpha value is -0.790. The van der Waals surface area contributed by atoms with Crippen LogP contribution in [0.15, 0.2) is 46.9 Å². The van der Waals surface area contributed by atoms with Gasteiger partial charge in [-0.05, 0) is 60.4 Å². The van der Waals surface area contributed by atoms with E-state index in [-0.39, 0.29) is 5.38 Å². The first kappa shape index (κ1) is 14.2. The highest BCUT2D eigenvalue weighted by atomic mass is 79.9. The molecule has 0 spiro atoms. The molecule has 1 fully saturated rings. The Morgan fingerprint density at radius 3 is 2.50 bits per heavy atom. The van der Waals surface area contributed by atoms with Gasteiger partial charge in [0.25, 0.3) is 0 Å². The molecule has 3 unspecified atom stereocenters. The zero-order chi connectivity index (χ0) is 14.3. The van der Waals surface area contributed by atoms with E-state index in [0.29, 0.717) is 11.8 Å². The molecule has 20 heavy (non-hydrogen) atoms. The van der Waals surface area contributed by atoms with Crippen molar-refractivity contribution in [3.63, 3.8) is 0 Å². The van der Waals surface area contributed by atoms with Crippen molar-refractivity contribution < 1.29 is 0 Å². The fourth-order valence-electron chi connectivity index (χ4n) is 2.95. The molecule has 104 valence electrons. The Bertz CT molecular complexity index is 621. The average Bonchev–Trinajstić information content (AvgIpc) is 3.23. The Balaban J connectivity index is 1.82. The molecular weight excluding hydrogens is 332 g/mol. The summed E-state index contributed by atoms with van der Waals surface area (Å²) in [5.74, 6) is 1.19. The molecule has 2 heteroatoms. The van der Waals surface area contributed by atoms with Gasteiger partial charge >= 0.3 is 0 Å². The maximum Gasteiger partial charge on any atom is 0.0622 e. The van der Waals surface area contributed by atoms with Gasteiger partial charge in [-0.3, -0.25) is 0 Å². The lowest BCUT2D eigenvalue weighted by atomic mass is 9.98. The maximum atomic E-state index is 6.76. The second-order valence-corrected chi connectivity index (χ2v) is 7.10. The van der Waals surface area contributed by atoms with Crippen molar-refractivity contribution in [3.05, 3.63) is 69.2 Å². The summed E-state index contributed by atoms with van der Waals surface area (Å²) in [5, 5.41) is 0.118. The molecule has 1 saturated carbocycles. The minimum atomic E-state index is 0.118. The van der Waals surface area contributed by atoms with E-state index in [2.05, 4.69) is 72.2 Å². The number of hydrogen-bond donors (Lipinski definition) is 0. The Kier molecular flexibility index (Phi) is 3.92. The van der Waals surface area contributed by atoms with E-state index in [1.165, 1.54) is 28.7 Å². The van der Waals surface area contributed by atoms with Crippen molar-refractivity contribution in [2.45, 2.75) is 31.6 Å². The van der Waals surface area contributed by atoms with Gasteiger partial charge in [-0.2, -0.15) is 0 Å². The van der Waals surface area contributed by atoms with E-state index in [4.69, 9.17) is 11.6 Å². The quantitative estimate of drug-likeness (QED) is 0.583. The van der Waals surface area contributed by atoms with Crippen LogP contribution in [0.3, 0.4) is 0 Å². The first-order valence-corrected chi connectivity index (χ1v) is 8.26. The summed E-state index contributed by atoms with van der Waals surface area (Å²) in [7, 11) is 0. The molecule has 3 atom stereocenters. The van der Waals surface area contributed by atoms with Gasteiger partial charge < -0.3 is 0 Å². The van der Waals surface area contributed by atoms with Crippen molar-refractivity contribution >= 4 is 27.5 Å². The smallest absolute Gasteiger partial charge is 0.0622 e. The molecule has 1 aliphatic carbocycles. The second-order valence-electron chi connectivity index (χ2n) is 5.78. The van der Waals surface area contributed by atoms with E-state index in [0.717, 1.165) is 4.47 Å². The van der Waals surface area contributed by atoms with Crippen LogP contribution in [0.1, 0.15) is 40.0 Å². The van der Waals surface area contributed by atoms with E-state index in [1.54, 1.807) is 0 Å². The number of aryl methyl sites for hydroxylation is 2. The van der Waals surface area contributed by atoms with E-state index in [1.807, 2.05) is 0 Å². The third kappa shape index (κ3) is 2.66. The Morgan fingerprint density at radius 1 is 1.10 bits per heavy atom. The van der Waals surface area contributed by atoms with E-state index >= 15 is 0 Å². The van der Waals surface area contributed by atoms with Crippen LogP contribution in [-0.4, -0.2) is 0 Å². The zero-order valence-corrected chi connectivity index (χ0v) is 14.1. The first-order valence-electron chi connectivity index (χ1n) is 7.03. The summed E-state index contributed by atoms with van der Waals surface area (Å²) < 4.78 is 1.16. The van der Waals surface area contributed by atoms with E-state index in [9.17, 15) is 0 Å². The molecule has 0 heterocycles. The van der Waals surface area contributed by atoms with Crippen LogP contribution in [0.25, 0.3) is 0 Å². The third-order valence-electron chi connectivity index (χ3n) is 4.29. The lowest BCUT2D eigenvalue weighted by Crippen LogP contribution is -1.99. The van der Waals surface area contributed by atoms with Gasteiger partial charge in [0.2, 0.25) is 0 Å². The minimum absolute atomic E-state index is 0.118. The van der Waals surface area contributed by atoms with Crippen molar-refractivity contribution in [1.29, 1.82) is 0 Å². The summed E-state index contributed by atoms with van der Waals surface area (Å²) in [4.78, 5) is 0. The number of alkyl halides is 1. The number of halogens is 2. The molecule has 0 N–H and O–H groups in total. The van der Waals surface area contributed by atoms with Gasteiger partial charge in [-0.15, -0.1) is 11.6 Å². The number of hydrogen-bond acceptors (Lipinski definition) is 0. The summed E-state index contributed by atoms with van der Waals surface area (Å²) in [6, 6.07) is 15.1. The van der Waals surface area contributed by atoms with Crippen LogP contribution in [0.2, 0.25) is 0 Å². The fourth-order valence-corrected chi connectivity index (χ4v) is 3.92. The van der Waals surface area contributed by atoms with Crippen LogP contribution in [0.5, 0.6) is 0 Å². The molecule has 2 aromatic carbocycles. The first-order chi connectivity index (χ1) is 9.58. The predicted molar refractivity (Wildman–Crippen MR) is 89.5 cm³/mol. The third-order valence-corrected chi connectivity index (χ3v) is 5.70. The Labute approximate surface area is 134 Å². The van der Waals surface area contributed by atoms with Crippen LogP contribution in [0, 0.1) is 19.8 Å². The molecule has 0 saturated heterocycles. The summed E-state index contributed by atoms with van der Waals surface area (Å²) in [6.45, 7) is 4.27. The lowest BCUT2D eigenvalue weighted by Gasteiger charge is -2.15. The summed E-state index contributed by atoms with van der Waals surface area (Å²) in [6.07, 6.45) is 1.20. The van der Waals surface area contributed by atoms with Crippen molar-refractivity contribution in [2.24, 2.45) is 5.92 Å². The molecule has 0 nitrogen and oxygen atoms in total. The summed E-state index contributed by atoms with van der Waals surface area (Å²) >= 11 is 10.3. The van der Waals surface area contributed by atoms with Gasteiger partial charge in [0.15, 0.2) is 0 Å². The largest absolute Gasteiger partial charge is 0.117 e. The van der Waals surface area contributed by atoms with Crippen molar-refractivity contribution in [1.82, 2.24) is 0 Å². The van der Waals surface area contributed by atoms with Crippen LogP contribution < -0.4 is 0 Å². The monoisotopic (exact) mass is 348 g/mol. The van der Waals surface area contributed by atoms with Crippen molar-refractivity contribution in [2.75, 3.05) is 0 Å². The van der Waals surface area contributed by atoms with Gasteiger partial charge in [0.05, 0.1) is 5.38 Å². The highest BCUT2D eigenvalue weighted by molar-refractivity contribution is 9.10. The van der Waals surface area contributed by atoms with Crippen LogP contribution in [-0.2, 0) is 0 Å². The number of rotatable bonds is 3. The molecule has 0 aliphatic heterocycles. The van der Waals surface area contributed by atoms with Crippen LogP contribution in [0.4, 0.5) is 0 Å². The van der Waals surface area contributed by atoms with Gasteiger partial charge in [0, 0.05) is 4.47 Å². The van der Waals surface area contributed by atoms with E-state index < -0.39 is 0 Å². The molecule has 1 aliphatic rings. The fraction of sp³-hybridized carbons (Fsp3) is 0.333. The standard InChI is InChI=1S/C18H18BrCl/c1-11-9-17(19)12(2)8-14(11)18(20)16-10-15(16)13-6-4-3-5-7-13/h3-9,15-16,18H,10H2,1-2H3. The SMILES string of the molecule is Cc1cc(C(Cl)C2CC2c2ccccc2)c(C)cc1Br. The minimum Gasteiger partial charge on any atom is -0.117 e. The molecular formula is C18H18BrCl. The topological polar surface area (TPSA) is 0 Å². The van der Waals surface area contributed by atoms with Crippen molar-refractivity contribution in [3.8, 4) is 0 Å². The van der Waals surface area contributed by atoms with Gasteiger partial charge in [-0.25, -0.2) is 0 Å². The summed E-state index contributed by atoms with van der Waals surface area (Å²) in [5.41, 5.74) is 5.25. The number of benzene rings is 2. The highest BCUT2D eigenvalue weighted by Gasteiger charge is 2.44. The second kappa shape index (κ2) is 5.54. The molecule has 0 bridgehead atoms. The zero-order valence-electron chi connectivity index (χ0n) is 11.7. The average molecular weight is 350 g/mol. The van der Waals surface area contributed by atoms with Gasteiger partial charge in [0.1, 0.15) is 0 Å². The Morgan fingerprint density at radius 2 is 1.80 bits per heavy atom. The maximum absolute atomic E-state index is 6.76. The molecule has 3 rings (SSSR count). The normalized spacial score (nSPS) is 22.6. The highest BCUT2D eigenvalue weighted by Crippen LogP contribution is 2.56. The molecule has 0 amide bonds. The molecule has 0 radical (unpaired) electrons.